The lowest BCUT2D eigenvalue weighted by Gasteiger charge is -2.31. The number of halogens is 1. The normalized spacial score (nSPS) is 15.2. The quantitative estimate of drug-likeness (QED) is 0.536. The predicted molar refractivity (Wildman–Crippen MR) is 125 cm³/mol. The van der Waals surface area contributed by atoms with E-state index in [4.69, 9.17) is 9.15 Å². The van der Waals surface area contributed by atoms with E-state index in [1.165, 1.54) is 6.26 Å². The van der Waals surface area contributed by atoms with E-state index in [9.17, 15) is 14.0 Å². The number of likely N-dealkylation sites (tertiary alicyclic amines) is 1. The van der Waals surface area contributed by atoms with Crippen molar-refractivity contribution in [2.24, 2.45) is 0 Å². The number of oxazole rings is 1. The van der Waals surface area contributed by atoms with Crippen molar-refractivity contribution in [2.75, 3.05) is 19.7 Å². The highest BCUT2D eigenvalue weighted by atomic mass is 19.1. The number of ether oxygens (including phenoxy) is 1. The summed E-state index contributed by atoms with van der Waals surface area (Å²) < 4.78 is 25.5. The minimum atomic E-state index is -1.71. The molecule has 1 aliphatic rings. The fourth-order valence-electron chi connectivity index (χ4n) is 3.95. The van der Waals surface area contributed by atoms with Gasteiger partial charge in [-0.05, 0) is 43.0 Å². The summed E-state index contributed by atoms with van der Waals surface area (Å²) >= 11 is 0. The molecule has 0 aliphatic carbocycles. The van der Waals surface area contributed by atoms with Crippen LogP contribution < -0.4 is 5.32 Å². The van der Waals surface area contributed by atoms with Crippen LogP contribution in [0.4, 0.5) is 4.39 Å². The minimum Gasteiger partial charge on any atom is -0.444 e. The number of rotatable bonds is 8. The highest BCUT2D eigenvalue weighted by Crippen LogP contribution is 2.22. The molecule has 0 spiro atoms. The molecule has 4 rings (SSSR count). The van der Waals surface area contributed by atoms with Crippen LogP contribution in [0, 0.1) is 0 Å². The third-order valence-corrected chi connectivity index (χ3v) is 5.84. The Hall–Kier alpha value is -3.52. The smallest absolute Gasteiger partial charge is 0.275 e. The Morgan fingerprint density at radius 1 is 1.15 bits per heavy atom. The number of carbonyl (C=O) groups is 2. The summed E-state index contributed by atoms with van der Waals surface area (Å²) in [6.07, 6.45) is 1.51. The van der Waals surface area contributed by atoms with Crippen molar-refractivity contribution in [1.29, 1.82) is 0 Å². The van der Waals surface area contributed by atoms with Gasteiger partial charge in [0.1, 0.15) is 6.26 Å². The molecule has 2 heterocycles. The van der Waals surface area contributed by atoms with Crippen LogP contribution in [0.2, 0.25) is 0 Å². The van der Waals surface area contributed by atoms with Crippen LogP contribution in [-0.2, 0) is 16.1 Å². The van der Waals surface area contributed by atoms with Gasteiger partial charge in [0.25, 0.3) is 11.8 Å². The predicted octanol–water partition coefficient (Wildman–Crippen LogP) is 4.31. The van der Waals surface area contributed by atoms with E-state index in [2.05, 4.69) is 10.3 Å². The van der Waals surface area contributed by atoms with Crippen LogP contribution in [0.15, 0.2) is 65.3 Å². The lowest BCUT2D eigenvalue weighted by Crippen LogP contribution is -2.41. The van der Waals surface area contributed by atoms with Crippen molar-refractivity contribution in [3.05, 3.63) is 77.7 Å². The van der Waals surface area contributed by atoms with Crippen LogP contribution in [0.5, 0.6) is 0 Å². The van der Waals surface area contributed by atoms with Gasteiger partial charge in [-0.15, -0.1) is 0 Å². The van der Waals surface area contributed by atoms with Gasteiger partial charge in [-0.1, -0.05) is 42.5 Å². The molecule has 1 atom stereocenters. The third-order valence-electron chi connectivity index (χ3n) is 5.84. The molecule has 2 aromatic carbocycles. The molecule has 3 aromatic rings. The number of nitrogens with zero attached hydrogens (tertiary/aromatic N) is 2. The Morgan fingerprint density at radius 2 is 1.85 bits per heavy atom. The van der Waals surface area contributed by atoms with Crippen LogP contribution in [0.1, 0.15) is 47.6 Å². The summed E-state index contributed by atoms with van der Waals surface area (Å²) in [6.45, 7) is 4.12. The molecule has 0 saturated carbocycles. The van der Waals surface area contributed by atoms with Crippen molar-refractivity contribution >= 4 is 11.8 Å². The molecule has 1 unspecified atom stereocenters. The zero-order chi connectivity index (χ0) is 23.9. The van der Waals surface area contributed by atoms with Crippen molar-refractivity contribution in [1.82, 2.24) is 15.2 Å². The van der Waals surface area contributed by atoms with Gasteiger partial charge < -0.3 is 19.4 Å². The van der Waals surface area contributed by atoms with Crippen molar-refractivity contribution < 1.29 is 23.1 Å². The number of aromatic nitrogens is 1. The molecule has 1 aromatic heterocycles. The van der Waals surface area contributed by atoms with E-state index in [0.717, 1.165) is 18.4 Å². The molecule has 2 amide bonds. The lowest BCUT2D eigenvalue weighted by molar-refractivity contribution is -0.126. The first-order valence-corrected chi connectivity index (χ1v) is 11.5. The van der Waals surface area contributed by atoms with E-state index in [-0.39, 0.29) is 24.2 Å². The largest absolute Gasteiger partial charge is 0.444 e. The van der Waals surface area contributed by atoms with Gasteiger partial charge in [0.2, 0.25) is 12.1 Å². The van der Waals surface area contributed by atoms with Crippen LogP contribution in [0.25, 0.3) is 11.5 Å². The summed E-state index contributed by atoms with van der Waals surface area (Å²) in [6, 6.07) is 15.5. The maximum absolute atomic E-state index is 14.3. The number of piperidine rings is 1. The van der Waals surface area contributed by atoms with Crippen molar-refractivity contribution in [3.8, 4) is 11.5 Å². The van der Waals surface area contributed by atoms with E-state index in [1.807, 2.05) is 6.92 Å². The maximum atomic E-state index is 14.3. The topological polar surface area (TPSA) is 84.7 Å². The van der Waals surface area contributed by atoms with Gasteiger partial charge in [0, 0.05) is 31.8 Å². The summed E-state index contributed by atoms with van der Waals surface area (Å²) in [5, 5.41) is 2.61. The van der Waals surface area contributed by atoms with Gasteiger partial charge in [0.15, 0.2) is 5.69 Å². The molecule has 34 heavy (non-hydrogen) atoms. The molecule has 1 fully saturated rings. The summed E-state index contributed by atoms with van der Waals surface area (Å²) in [7, 11) is 0. The molecule has 0 bridgehead atoms. The first-order valence-electron chi connectivity index (χ1n) is 11.5. The molecular weight excluding hydrogens is 437 g/mol. The number of benzene rings is 2. The molecule has 0 radical (unpaired) electrons. The number of hydrogen-bond acceptors (Lipinski definition) is 5. The Labute approximate surface area is 197 Å². The molecule has 8 heteroatoms. The SMILES string of the molecule is CCOC1CCN(C(=O)c2coc(-c3ccc(CNC(=O)C(F)c4ccccc4)cc3)n2)CC1. The zero-order valence-electron chi connectivity index (χ0n) is 19.1. The monoisotopic (exact) mass is 465 g/mol. The summed E-state index contributed by atoms with van der Waals surface area (Å²) in [4.78, 5) is 31.0. The highest BCUT2D eigenvalue weighted by Gasteiger charge is 2.26. The highest BCUT2D eigenvalue weighted by molar-refractivity contribution is 5.92. The van der Waals surface area contributed by atoms with E-state index in [0.29, 0.717) is 36.7 Å². The fraction of sp³-hybridized carbons (Fsp3) is 0.346. The Bertz CT molecular complexity index is 1090. The molecule has 1 N–H and O–H groups in total. The van der Waals surface area contributed by atoms with E-state index < -0.39 is 12.1 Å². The van der Waals surface area contributed by atoms with Crippen LogP contribution in [0.3, 0.4) is 0 Å². The molecular formula is C26H28FN3O4. The molecule has 7 nitrogen and oxygen atoms in total. The second-order valence-electron chi connectivity index (χ2n) is 8.17. The van der Waals surface area contributed by atoms with Gasteiger partial charge in [-0.2, -0.15) is 0 Å². The zero-order valence-corrected chi connectivity index (χ0v) is 19.1. The number of nitrogens with one attached hydrogen (secondary N) is 1. The molecule has 1 saturated heterocycles. The minimum absolute atomic E-state index is 0.150. The third kappa shape index (κ3) is 5.69. The van der Waals surface area contributed by atoms with Gasteiger partial charge in [-0.3, -0.25) is 9.59 Å². The number of hydrogen-bond donors (Lipinski definition) is 1. The second kappa shape index (κ2) is 11.1. The number of carbonyl (C=O) groups excluding carboxylic acids is 2. The second-order valence-corrected chi connectivity index (χ2v) is 8.17. The van der Waals surface area contributed by atoms with Gasteiger partial charge >= 0.3 is 0 Å². The number of alkyl halides is 1. The van der Waals surface area contributed by atoms with E-state index in [1.54, 1.807) is 59.5 Å². The first kappa shape index (κ1) is 23.6. The standard InChI is InChI=1S/C26H28FN3O4/c1-2-33-21-12-14-30(15-13-21)26(32)22-17-34-25(29-22)20-10-8-18(9-11-20)16-28-24(31)23(27)19-6-4-3-5-7-19/h3-11,17,21,23H,2,12-16H2,1H3,(H,28,31). The Kier molecular flexibility index (Phi) is 7.69. The lowest BCUT2D eigenvalue weighted by atomic mass is 10.1. The van der Waals surface area contributed by atoms with Gasteiger partial charge in [0.05, 0.1) is 6.10 Å². The van der Waals surface area contributed by atoms with Crippen LogP contribution >= 0.6 is 0 Å². The Morgan fingerprint density at radius 3 is 2.53 bits per heavy atom. The maximum Gasteiger partial charge on any atom is 0.275 e. The summed E-state index contributed by atoms with van der Waals surface area (Å²) in [5.74, 6) is -0.490. The van der Waals surface area contributed by atoms with E-state index >= 15 is 0 Å². The van der Waals surface area contributed by atoms with Crippen molar-refractivity contribution in [3.63, 3.8) is 0 Å². The molecule has 178 valence electrons. The van der Waals surface area contributed by atoms with Crippen LogP contribution in [-0.4, -0.2) is 47.5 Å². The average molecular weight is 466 g/mol. The Balaban J connectivity index is 1.31. The summed E-state index contributed by atoms with van der Waals surface area (Å²) in [5.41, 5.74) is 2.11. The van der Waals surface area contributed by atoms with Crippen molar-refractivity contribution in [2.45, 2.75) is 38.6 Å². The average Bonchev–Trinajstić information content (AvgIpc) is 3.38. The molecule has 1 aliphatic heterocycles. The fourth-order valence-corrected chi connectivity index (χ4v) is 3.95. The first-order chi connectivity index (χ1) is 16.5. The number of amides is 2. The van der Waals surface area contributed by atoms with Gasteiger partial charge in [-0.25, -0.2) is 9.37 Å².